The molecule has 0 heterocycles. The van der Waals surface area contributed by atoms with Crippen molar-refractivity contribution in [2.45, 2.75) is 53.0 Å². The van der Waals surface area contributed by atoms with E-state index in [2.05, 4.69) is 32.7 Å². The maximum Gasteiger partial charge on any atom is 0.0403 e. The van der Waals surface area contributed by atoms with E-state index in [1.807, 2.05) is 0 Å². The third-order valence-electron chi connectivity index (χ3n) is 2.43. The average Bonchev–Trinajstić information content (AvgIpc) is 2.15. The van der Waals surface area contributed by atoms with E-state index in [1.165, 1.54) is 5.71 Å². The second-order valence-corrected chi connectivity index (χ2v) is 5.43. The Hall–Kier alpha value is -0.410. The quantitative estimate of drug-likeness (QED) is 0.624. The summed E-state index contributed by atoms with van der Waals surface area (Å²) in [6.45, 7) is 10.3. The zero-order chi connectivity index (χ0) is 12.6. The molecule has 96 valence electrons. The number of nitrogens with two attached hydrogens (primary N) is 2. The van der Waals surface area contributed by atoms with E-state index in [9.17, 15) is 0 Å². The van der Waals surface area contributed by atoms with Crippen molar-refractivity contribution in [2.75, 3.05) is 13.1 Å². The first-order valence-corrected chi connectivity index (χ1v) is 6.43. The highest BCUT2D eigenvalue weighted by atomic mass is 14.8. The Kier molecular flexibility index (Phi) is 8.49. The summed E-state index contributed by atoms with van der Waals surface area (Å²) >= 11 is 0. The summed E-state index contributed by atoms with van der Waals surface area (Å²) in [5.41, 5.74) is 12.6. The van der Waals surface area contributed by atoms with E-state index in [0.29, 0.717) is 18.4 Å². The molecule has 3 heteroatoms. The Bertz CT molecular complexity index is 185. The molecule has 3 nitrogen and oxygen atoms in total. The van der Waals surface area contributed by atoms with Crippen molar-refractivity contribution >= 4 is 5.71 Å². The van der Waals surface area contributed by atoms with Crippen molar-refractivity contribution in [1.82, 2.24) is 0 Å². The topological polar surface area (TPSA) is 64.4 Å². The van der Waals surface area contributed by atoms with Gasteiger partial charge in [-0.2, -0.15) is 0 Å². The second kappa shape index (κ2) is 8.71. The third kappa shape index (κ3) is 8.86. The smallest absolute Gasteiger partial charge is 0.0403 e. The average molecular weight is 227 g/mol. The Labute approximate surface area is 101 Å². The zero-order valence-corrected chi connectivity index (χ0v) is 11.4. The molecule has 0 saturated carbocycles. The molecule has 0 fully saturated rings. The minimum atomic E-state index is 0.100. The summed E-state index contributed by atoms with van der Waals surface area (Å²) < 4.78 is 0. The lowest BCUT2D eigenvalue weighted by atomic mass is 9.98. The number of rotatable bonds is 8. The minimum absolute atomic E-state index is 0.100. The maximum absolute atomic E-state index is 5.77. The molecule has 0 bridgehead atoms. The Morgan fingerprint density at radius 2 is 1.56 bits per heavy atom. The lowest BCUT2D eigenvalue weighted by molar-refractivity contribution is 0.613. The molecule has 1 unspecified atom stereocenters. The normalized spacial score (nSPS) is 13.2. The Balaban J connectivity index is 4.10. The molecular formula is C13H29N3. The van der Waals surface area contributed by atoms with Crippen LogP contribution in [0.4, 0.5) is 0 Å². The van der Waals surface area contributed by atoms with E-state index < -0.39 is 0 Å². The van der Waals surface area contributed by atoms with Crippen LogP contribution in [0.15, 0.2) is 4.99 Å². The third-order valence-corrected chi connectivity index (χ3v) is 2.43. The van der Waals surface area contributed by atoms with Crippen LogP contribution in [-0.2, 0) is 0 Å². The standard InChI is InChI=1S/C13H29N3/c1-10(2)7-13(8-11(3)4)16-6-5-12(15)9-14/h10-12H,5-9,14-15H2,1-4H3. The highest BCUT2D eigenvalue weighted by Crippen LogP contribution is 2.10. The lowest BCUT2D eigenvalue weighted by Gasteiger charge is -2.12. The first-order valence-electron chi connectivity index (χ1n) is 6.43. The van der Waals surface area contributed by atoms with Crippen LogP contribution in [0.1, 0.15) is 47.0 Å². The van der Waals surface area contributed by atoms with Gasteiger partial charge in [-0.1, -0.05) is 27.7 Å². The van der Waals surface area contributed by atoms with Crippen LogP contribution in [0.25, 0.3) is 0 Å². The van der Waals surface area contributed by atoms with Crippen molar-refractivity contribution < 1.29 is 0 Å². The summed E-state index contributed by atoms with van der Waals surface area (Å²) in [6, 6.07) is 0.100. The van der Waals surface area contributed by atoms with Gasteiger partial charge in [-0.05, 0) is 31.1 Å². The van der Waals surface area contributed by atoms with E-state index in [-0.39, 0.29) is 6.04 Å². The Morgan fingerprint density at radius 3 is 1.94 bits per heavy atom. The van der Waals surface area contributed by atoms with E-state index in [4.69, 9.17) is 11.5 Å². The number of hydrogen-bond donors (Lipinski definition) is 2. The molecule has 0 aliphatic carbocycles. The van der Waals surface area contributed by atoms with Gasteiger partial charge in [0.25, 0.3) is 0 Å². The number of aliphatic imine (C=N–C) groups is 1. The van der Waals surface area contributed by atoms with Gasteiger partial charge in [0.2, 0.25) is 0 Å². The molecule has 0 aromatic rings. The predicted molar refractivity (Wildman–Crippen MR) is 72.9 cm³/mol. The van der Waals surface area contributed by atoms with Gasteiger partial charge in [0.15, 0.2) is 0 Å². The minimum Gasteiger partial charge on any atom is -0.329 e. The van der Waals surface area contributed by atoms with Crippen molar-refractivity contribution in [3.05, 3.63) is 0 Å². The van der Waals surface area contributed by atoms with Gasteiger partial charge in [0.1, 0.15) is 0 Å². The molecule has 0 spiro atoms. The van der Waals surface area contributed by atoms with Crippen LogP contribution < -0.4 is 11.5 Å². The van der Waals surface area contributed by atoms with E-state index in [1.54, 1.807) is 0 Å². The molecule has 0 radical (unpaired) electrons. The fourth-order valence-electron chi connectivity index (χ4n) is 1.66. The van der Waals surface area contributed by atoms with Crippen LogP contribution in [0.5, 0.6) is 0 Å². The van der Waals surface area contributed by atoms with Crippen LogP contribution in [-0.4, -0.2) is 24.8 Å². The second-order valence-electron chi connectivity index (χ2n) is 5.43. The first kappa shape index (κ1) is 15.6. The SMILES string of the molecule is CC(C)CC(CC(C)C)=NCCC(N)CN. The van der Waals surface area contributed by atoms with Crippen LogP contribution in [0.3, 0.4) is 0 Å². The van der Waals surface area contributed by atoms with Gasteiger partial charge < -0.3 is 11.5 Å². The monoisotopic (exact) mass is 227 g/mol. The molecule has 4 N–H and O–H groups in total. The van der Waals surface area contributed by atoms with Crippen molar-refractivity contribution in [3.8, 4) is 0 Å². The van der Waals surface area contributed by atoms with Gasteiger partial charge in [-0.3, -0.25) is 4.99 Å². The zero-order valence-electron chi connectivity index (χ0n) is 11.4. The van der Waals surface area contributed by atoms with Gasteiger partial charge in [0, 0.05) is 24.8 Å². The molecule has 0 aliphatic heterocycles. The molecular weight excluding hydrogens is 198 g/mol. The van der Waals surface area contributed by atoms with Crippen molar-refractivity contribution in [3.63, 3.8) is 0 Å². The molecule has 0 amide bonds. The van der Waals surface area contributed by atoms with Crippen LogP contribution in [0.2, 0.25) is 0 Å². The fourth-order valence-corrected chi connectivity index (χ4v) is 1.66. The molecule has 0 aromatic heterocycles. The lowest BCUT2D eigenvalue weighted by Crippen LogP contribution is -2.30. The van der Waals surface area contributed by atoms with Gasteiger partial charge in [0.05, 0.1) is 0 Å². The van der Waals surface area contributed by atoms with Gasteiger partial charge >= 0.3 is 0 Å². The van der Waals surface area contributed by atoms with Crippen molar-refractivity contribution in [1.29, 1.82) is 0 Å². The molecule has 0 aromatic carbocycles. The number of hydrogen-bond acceptors (Lipinski definition) is 3. The molecule has 16 heavy (non-hydrogen) atoms. The summed E-state index contributed by atoms with van der Waals surface area (Å²) in [5, 5.41) is 0. The summed E-state index contributed by atoms with van der Waals surface area (Å²) in [4.78, 5) is 4.67. The van der Waals surface area contributed by atoms with Crippen LogP contribution in [0, 0.1) is 11.8 Å². The molecule has 1 atom stereocenters. The highest BCUT2D eigenvalue weighted by molar-refractivity contribution is 5.84. The molecule has 0 rings (SSSR count). The molecule has 0 aliphatic rings. The van der Waals surface area contributed by atoms with E-state index >= 15 is 0 Å². The van der Waals surface area contributed by atoms with Crippen LogP contribution >= 0.6 is 0 Å². The summed E-state index contributed by atoms with van der Waals surface area (Å²) in [6.07, 6.45) is 3.11. The van der Waals surface area contributed by atoms with Crippen molar-refractivity contribution in [2.24, 2.45) is 28.3 Å². The first-order chi connectivity index (χ1) is 7.45. The highest BCUT2D eigenvalue weighted by Gasteiger charge is 2.06. The summed E-state index contributed by atoms with van der Waals surface area (Å²) in [5.74, 6) is 1.36. The fraction of sp³-hybridized carbons (Fsp3) is 0.923. The predicted octanol–water partition coefficient (Wildman–Crippen LogP) is 2.20. The Morgan fingerprint density at radius 1 is 1.06 bits per heavy atom. The maximum atomic E-state index is 5.77. The molecule has 0 saturated heterocycles. The summed E-state index contributed by atoms with van der Waals surface area (Å²) in [7, 11) is 0. The van der Waals surface area contributed by atoms with Gasteiger partial charge in [-0.25, -0.2) is 0 Å². The van der Waals surface area contributed by atoms with Gasteiger partial charge in [-0.15, -0.1) is 0 Å². The van der Waals surface area contributed by atoms with E-state index in [0.717, 1.165) is 25.8 Å². The number of nitrogens with zero attached hydrogens (tertiary/aromatic N) is 1. The largest absolute Gasteiger partial charge is 0.329 e.